The molecule has 0 fully saturated rings. The highest BCUT2D eigenvalue weighted by atomic mass is 16.5. The van der Waals surface area contributed by atoms with Gasteiger partial charge in [0.25, 0.3) is 0 Å². The molecule has 1 atom stereocenters. The standard InChI is InChI=1S/C18H19NO5/c1-23-15-9-8-12-10-14(7-6-13(12)11-15)18(21)16(19-22)4-3-5-17(20)24-2/h6-11,16H,3-5H2,1-2H3. The number of ketones is 1. The maximum absolute atomic E-state index is 12.5. The maximum Gasteiger partial charge on any atom is 0.305 e. The van der Waals surface area contributed by atoms with E-state index in [0.717, 1.165) is 16.5 Å². The van der Waals surface area contributed by atoms with Crippen molar-refractivity contribution in [1.82, 2.24) is 0 Å². The summed E-state index contributed by atoms with van der Waals surface area (Å²) in [6, 6.07) is 9.74. The van der Waals surface area contributed by atoms with E-state index < -0.39 is 6.04 Å². The van der Waals surface area contributed by atoms with Gasteiger partial charge in [0.1, 0.15) is 5.75 Å². The molecule has 24 heavy (non-hydrogen) atoms. The molecule has 0 saturated heterocycles. The lowest BCUT2D eigenvalue weighted by Gasteiger charge is -2.09. The molecule has 126 valence electrons. The molecule has 6 heteroatoms. The van der Waals surface area contributed by atoms with Crippen LogP contribution in [0.1, 0.15) is 29.6 Å². The zero-order valence-electron chi connectivity index (χ0n) is 13.7. The van der Waals surface area contributed by atoms with E-state index in [1.165, 1.54) is 7.11 Å². The van der Waals surface area contributed by atoms with Crippen molar-refractivity contribution >= 4 is 22.5 Å². The van der Waals surface area contributed by atoms with E-state index in [1.54, 1.807) is 25.3 Å². The number of hydrogen-bond donors (Lipinski definition) is 0. The molecule has 2 rings (SSSR count). The van der Waals surface area contributed by atoms with Crippen molar-refractivity contribution < 1.29 is 19.1 Å². The number of nitroso groups, excluding NO2 is 1. The van der Waals surface area contributed by atoms with E-state index in [2.05, 4.69) is 9.91 Å². The SMILES string of the molecule is COC(=O)CCCC(N=O)C(=O)c1ccc2cc(OC)ccc2c1. The molecular weight excluding hydrogens is 310 g/mol. The topological polar surface area (TPSA) is 82.0 Å². The summed E-state index contributed by atoms with van der Waals surface area (Å²) >= 11 is 0. The molecule has 0 saturated carbocycles. The van der Waals surface area contributed by atoms with Gasteiger partial charge in [-0.25, -0.2) is 0 Å². The van der Waals surface area contributed by atoms with E-state index in [-0.39, 0.29) is 24.6 Å². The first kappa shape index (κ1) is 17.6. The number of fused-ring (bicyclic) bond motifs is 1. The number of carbonyl (C=O) groups is 2. The summed E-state index contributed by atoms with van der Waals surface area (Å²) in [5.41, 5.74) is 0.426. The molecule has 0 amide bonds. The van der Waals surface area contributed by atoms with Gasteiger partial charge in [-0.05, 0) is 41.8 Å². The molecule has 0 aromatic heterocycles. The lowest BCUT2D eigenvalue weighted by molar-refractivity contribution is -0.140. The molecule has 0 heterocycles. The first-order valence-electron chi connectivity index (χ1n) is 7.60. The van der Waals surface area contributed by atoms with Gasteiger partial charge in [-0.3, -0.25) is 9.59 Å². The Hall–Kier alpha value is -2.76. The third kappa shape index (κ3) is 4.16. The summed E-state index contributed by atoms with van der Waals surface area (Å²) in [7, 11) is 2.89. The van der Waals surface area contributed by atoms with Crippen molar-refractivity contribution in [2.24, 2.45) is 5.18 Å². The Morgan fingerprint density at radius 3 is 2.46 bits per heavy atom. The molecule has 0 aliphatic rings. The van der Waals surface area contributed by atoms with Crippen LogP contribution >= 0.6 is 0 Å². The molecule has 2 aromatic rings. The molecule has 0 spiro atoms. The second-order valence-corrected chi connectivity index (χ2v) is 5.38. The third-order valence-corrected chi connectivity index (χ3v) is 3.85. The zero-order chi connectivity index (χ0) is 17.5. The van der Waals surface area contributed by atoms with Gasteiger partial charge in [0.05, 0.1) is 14.2 Å². The molecule has 0 aliphatic carbocycles. The summed E-state index contributed by atoms with van der Waals surface area (Å²) in [6.45, 7) is 0. The molecule has 0 aliphatic heterocycles. The van der Waals surface area contributed by atoms with Crippen LogP contribution in [0.25, 0.3) is 10.8 Å². The summed E-state index contributed by atoms with van der Waals surface area (Å²) in [4.78, 5) is 34.6. The Labute approximate surface area is 139 Å². The lowest BCUT2D eigenvalue weighted by Crippen LogP contribution is -2.18. The quantitative estimate of drug-likeness (QED) is 0.420. The van der Waals surface area contributed by atoms with Crippen LogP contribution < -0.4 is 4.74 Å². The largest absolute Gasteiger partial charge is 0.497 e. The number of carbonyl (C=O) groups excluding carboxylic acids is 2. The monoisotopic (exact) mass is 329 g/mol. The van der Waals surface area contributed by atoms with Gasteiger partial charge in [0.15, 0.2) is 11.8 Å². The van der Waals surface area contributed by atoms with Crippen molar-refractivity contribution in [3.63, 3.8) is 0 Å². The smallest absolute Gasteiger partial charge is 0.305 e. The number of esters is 1. The predicted octanol–water partition coefficient (Wildman–Crippen LogP) is 3.51. The minimum absolute atomic E-state index is 0.160. The summed E-state index contributed by atoms with van der Waals surface area (Å²) in [5, 5.41) is 4.74. The molecule has 2 aromatic carbocycles. The Morgan fingerprint density at radius 1 is 1.08 bits per heavy atom. The number of methoxy groups -OCH3 is 2. The average molecular weight is 329 g/mol. The van der Waals surface area contributed by atoms with Crippen molar-refractivity contribution in [3.05, 3.63) is 46.9 Å². The molecular formula is C18H19NO5. The molecule has 0 radical (unpaired) electrons. The van der Waals surface area contributed by atoms with E-state index in [0.29, 0.717) is 12.0 Å². The van der Waals surface area contributed by atoms with E-state index >= 15 is 0 Å². The third-order valence-electron chi connectivity index (χ3n) is 3.85. The first-order valence-corrected chi connectivity index (χ1v) is 7.60. The number of ether oxygens (including phenoxy) is 2. The van der Waals surface area contributed by atoms with Crippen molar-refractivity contribution in [3.8, 4) is 5.75 Å². The van der Waals surface area contributed by atoms with Crippen LogP contribution in [0, 0.1) is 4.91 Å². The Bertz CT molecular complexity index is 756. The van der Waals surface area contributed by atoms with Crippen LogP contribution in [-0.2, 0) is 9.53 Å². The van der Waals surface area contributed by atoms with Crippen LogP contribution in [-0.4, -0.2) is 32.0 Å². The highest BCUT2D eigenvalue weighted by Crippen LogP contribution is 2.23. The Kier molecular flexibility index (Phi) is 6.01. The Balaban J connectivity index is 2.13. The minimum atomic E-state index is -0.995. The molecule has 1 unspecified atom stereocenters. The summed E-state index contributed by atoms with van der Waals surface area (Å²) in [6.07, 6.45) is 0.755. The first-order chi connectivity index (χ1) is 11.6. The summed E-state index contributed by atoms with van der Waals surface area (Å²) in [5.74, 6) is 0.0242. The highest BCUT2D eigenvalue weighted by Gasteiger charge is 2.21. The van der Waals surface area contributed by atoms with Gasteiger partial charge >= 0.3 is 5.97 Å². The fraction of sp³-hybridized carbons (Fsp3) is 0.333. The van der Waals surface area contributed by atoms with E-state index in [1.807, 2.05) is 18.2 Å². The number of hydrogen-bond acceptors (Lipinski definition) is 6. The fourth-order valence-corrected chi connectivity index (χ4v) is 2.47. The van der Waals surface area contributed by atoms with E-state index in [9.17, 15) is 14.5 Å². The van der Waals surface area contributed by atoms with Gasteiger partial charge in [-0.1, -0.05) is 23.4 Å². The minimum Gasteiger partial charge on any atom is -0.497 e. The second-order valence-electron chi connectivity index (χ2n) is 5.38. The van der Waals surface area contributed by atoms with Gasteiger partial charge in [0, 0.05) is 12.0 Å². The highest BCUT2D eigenvalue weighted by molar-refractivity contribution is 6.03. The average Bonchev–Trinajstić information content (AvgIpc) is 2.63. The van der Waals surface area contributed by atoms with Gasteiger partial charge < -0.3 is 9.47 Å². The molecule has 0 N–H and O–H groups in total. The van der Waals surface area contributed by atoms with Crippen LogP contribution in [0.15, 0.2) is 41.6 Å². The number of Topliss-reactive ketones (excluding diaryl/α,β-unsaturated/α-hetero) is 1. The van der Waals surface area contributed by atoms with Crippen LogP contribution in [0.4, 0.5) is 0 Å². The second kappa shape index (κ2) is 8.19. The Morgan fingerprint density at radius 2 is 1.79 bits per heavy atom. The van der Waals surface area contributed by atoms with Crippen LogP contribution in [0.3, 0.4) is 0 Å². The van der Waals surface area contributed by atoms with Crippen LogP contribution in [0.2, 0.25) is 0 Å². The number of nitrogens with zero attached hydrogens (tertiary/aromatic N) is 1. The van der Waals surface area contributed by atoms with Gasteiger partial charge in [-0.15, -0.1) is 0 Å². The van der Waals surface area contributed by atoms with Gasteiger partial charge in [-0.2, -0.15) is 4.91 Å². The summed E-state index contributed by atoms with van der Waals surface area (Å²) < 4.78 is 9.70. The fourth-order valence-electron chi connectivity index (χ4n) is 2.47. The van der Waals surface area contributed by atoms with Crippen molar-refractivity contribution in [2.45, 2.75) is 25.3 Å². The maximum atomic E-state index is 12.5. The number of rotatable bonds is 8. The normalized spacial score (nSPS) is 11.8. The van der Waals surface area contributed by atoms with Crippen LogP contribution in [0.5, 0.6) is 5.75 Å². The van der Waals surface area contributed by atoms with Gasteiger partial charge in [0.2, 0.25) is 0 Å². The van der Waals surface area contributed by atoms with Crippen molar-refractivity contribution in [2.75, 3.05) is 14.2 Å². The van der Waals surface area contributed by atoms with E-state index in [4.69, 9.17) is 4.74 Å². The molecule has 6 nitrogen and oxygen atoms in total. The van der Waals surface area contributed by atoms with Crippen molar-refractivity contribution in [1.29, 1.82) is 0 Å². The molecule has 0 bridgehead atoms. The zero-order valence-corrected chi connectivity index (χ0v) is 13.7. The number of benzene rings is 2. The predicted molar refractivity (Wildman–Crippen MR) is 90.3 cm³/mol. The lowest BCUT2D eigenvalue weighted by atomic mass is 9.97.